The molecule has 3 amide bonds. The molecule has 1 fully saturated rings. The SMILES string of the molecule is Cc1ccc(C[C@H](C)NC(=O)[C@H]2CCCN(C(N)=O)C2)c(C)c1. The van der Waals surface area contributed by atoms with Crippen LogP contribution in [0, 0.1) is 19.8 Å². The first-order chi connectivity index (χ1) is 10.9. The predicted molar refractivity (Wildman–Crippen MR) is 91.1 cm³/mol. The number of nitrogens with one attached hydrogen (secondary N) is 1. The van der Waals surface area contributed by atoms with Crippen molar-refractivity contribution < 1.29 is 9.59 Å². The van der Waals surface area contributed by atoms with Gasteiger partial charge in [-0.05, 0) is 51.2 Å². The maximum Gasteiger partial charge on any atom is 0.314 e. The molecule has 0 saturated carbocycles. The van der Waals surface area contributed by atoms with E-state index in [-0.39, 0.29) is 17.9 Å². The van der Waals surface area contributed by atoms with Crippen LogP contribution >= 0.6 is 0 Å². The number of primary amides is 1. The van der Waals surface area contributed by atoms with Gasteiger partial charge in [-0.15, -0.1) is 0 Å². The summed E-state index contributed by atoms with van der Waals surface area (Å²) in [7, 11) is 0. The maximum absolute atomic E-state index is 12.4. The molecule has 23 heavy (non-hydrogen) atoms. The number of benzene rings is 1. The van der Waals surface area contributed by atoms with Gasteiger partial charge in [0.05, 0.1) is 5.92 Å². The van der Waals surface area contributed by atoms with Gasteiger partial charge in [-0.2, -0.15) is 0 Å². The molecule has 1 heterocycles. The lowest BCUT2D eigenvalue weighted by Gasteiger charge is -2.31. The Morgan fingerprint density at radius 1 is 1.39 bits per heavy atom. The highest BCUT2D eigenvalue weighted by Crippen LogP contribution is 2.17. The van der Waals surface area contributed by atoms with Crippen LogP contribution in [0.25, 0.3) is 0 Å². The van der Waals surface area contributed by atoms with Gasteiger partial charge in [0.2, 0.25) is 5.91 Å². The molecule has 2 rings (SSSR count). The summed E-state index contributed by atoms with van der Waals surface area (Å²) in [6, 6.07) is 6.01. The van der Waals surface area contributed by atoms with Gasteiger partial charge in [0.25, 0.3) is 0 Å². The van der Waals surface area contributed by atoms with Crippen molar-refractivity contribution >= 4 is 11.9 Å². The minimum absolute atomic E-state index is 0.0215. The molecule has 3 N–H and O–H groups in total. The second-order valence-electron chi connectivity index (χ2n) is 6.67. The number of carbonyl (C=O) groups excluding carboxylic acids is 2. The number of piperidine rings is 1. The lowest BCUT2D eigenvalue weighted by Crippen LogP contribution is -2.48. The number of likely N-dealkylation sites (tertiary alicyclic amines) is 1. The monoisotopic (exact) mass is 317 g/mol. The largest absolute Gasteiger partial charge is 0.353 e. The zero-order valence-electron chi connectivity index (χ0n) is 14.3. The third-order valence-electron chi connectivity index (χ3n) is 4.52. The number of hydrogen-bond donors (Lipinski definition) is 2. The fourth-order valence-electron chi connectivity index (χ4n) is 3.21. The lowest BCUT2D eigenvalue weighted by atomic mass is 9.96. The van der Waals surface area contributed by atoms with Crippen LogP contribution in [-0.4, -0.2) is 36.0 Å². The van der Waals surface area contributed by atoms with E-state index in [2.05, 4.69) is 37.4 Å². The molecule has 0 spiro atoms. The molecular formula is C18H27N3O2. The van der Waals surface area contributed by atoms with E-state index in [4.69, 9.17) is 5.73 Å². The molecule has 1 aliphatic heterocycles. The lowest BCUT2D eigenvalue weighted by molar-refractivity contribution is -0.126. The van der Waals surface area contributed by atoms with Crippen molar-refractivity contribution in [3.05, 3.63) is 34.9 Å². The first kappa shape index (κ1) is 17.3. The van der Waals surface area contributed by atoms with Crippen LogP contribution in [0.5, 0.6) is 0 Å². The normalized spacial score (nSPS) is 19.3. The summed E-state index contributed by atoms with van der Waals surface area (Å²) in [6.45, 7) is 7.28. The van der Waals surface area contributed by atoms with Crippen LogP contribution in [-0.2, 0) is 11.2 Å². The van der Waals surface area contributed by atoms with Crippen LogP contribution in [0.15, 0.2) is 18.2 Å². The molecule has 0 radical (unpaired) electrons. The number of amides is 3. The van der Waals surface area contributed by atoms with Crippen LogP contribution < -0.4 is 11.1 Å². The number of nitrogens with two attached hydrogens (primary N) is 1. The molecule has 0 aliphatic carbocycles. The van der Waals surface area contributed by atoms with E-state index in [1.165, 1.54) is 16.7 Å². The Morgan fingerprint density at radius 2 is 2.13 bits per heavy atom. The summed E-state index contributed by atoms with van der Waals surface area (Å²) in [4.78, 5) is 25.2. The highest BCUT2D eigenvalue weighted by Gasteiger charge is 2.28. The van der Waals surface area contributed by atoms with Crippen molar-refractivity contribution in [2.45, 2.75) is 46.1 Å². The summed E-state index contributed by atoms with van der Waals surface area (Å²) in [5.41, 5.74) is 9.07. The number of urea groups is 1. The number of hydrogen-bond acceptors (Lipinski definition) is 2. The molecule has 0 bridgehead atoms. The smallest absolute Gasteiger partial charge is 0.314 e. The van der Waals surface area contributed by atoms with Crippen LogP contribution in [0.1, 0.15) is 36.5 Å². The van der Waals surface area contributed by atoms with Crippen LogP contribution in [0.3, 0.4) is 0 Å². The van der Waals surface area contributed by atoms with Crippen molar-refractivity contribution in [1.82, 2.24) is 10.2 Å². The molecule has 1 aromatic rings. The van der Waals surface area contributed by atoms with E-state index >= 15 is 0 Å². The molecule has 1 aliphatic rings. The van der Waals surface area contributed by atoms with Crippen molar-refractivity contribution in [2.75, 3.05) is 13.1 Å². The minimum atomic E-state index is -0.439. The molecule has 1 aromatic carbocycles. The molecule has 0 aromatic heterocycles. The summed E-state index contributed by atoms with van der Waals surface area (Å²) >= 11 is 0. The summed E-state index contributed by atoms with van der Waals surface area (Å²) < 4.78 is 0. The van der Waals surface area contributed by atoms with Gasteiger partial charge < -0.3 is 16.0 Å². The highest BCUT2D eigenvalue weighted by molar-refractivity contribution is 5.80. The first-order valence-electron chi connectivity index (χ1n) is 8.27. The van der Waals surface area contributed by atoms with Gasteiger partial charge in [-0.3, -0.25) is 4.79 Å². The molecule has 2 atom stereocenters. The van der Waals surface area contributed by atoms with Crippen LogP contribution in [0.4, 0.5) is 4.79 Å². The van der Waals surface area contributed by atoms with Crippen molar-refractivity contribution in [2.24, 2.45) is 11.7 Å². The predicted octanol–water partition coefficient (Wildman–Crippen LogP) is 2.14. The number of aryl methyl sites for hydroxylation is 2. The van der Waals surface area contributed by atoms with Gasteiger partial charge in [0.15, 0.2) is 0 Å². The zero-order valence-corrected chi connectivity index (χ0v) is 14.3. The second kappa shape index (κ2) is 7.49. The summed E-state index contributed by atoms with van der Waals surface area (Å²) in [6.07, 6.45) is 2.45. The number of nitrogens with zero attached hydrogens (tertiary/aromatic N) is 1. The Bertz CT molecular complexity index is 586. The van der Waals surface area contributed by atoms with Crippen molar-refractivity contribution in [1.29, 1.82) is 0 Å². The van der Waals surface area contributed by atoms with Crippen molar-refractivity contribution in [3.8, 4) is 0 Å². The quantitative estimate of drug-likeness (QED) is 0.892. The van der Waals surface area contributed by atoms with Gasteiger partial charge in [-0.1, -0.05) is 23.8 Å². The number of rotatable bonds is 4. The summed E-state index contributed by atoms with van der Waals surface area (Å²) in [5.74, 6) is -0.133. The average Bonchev–Trinajstić information content (AvgIpc) is 2.50. The summed E-state index contributed by atoms with van der Waals surface area (Å²) in [5, 5.41) is 3.08. The van der Waals surface area contributed by atoms with E-state index in [1.54, 1.807) is 4.90 Å². The zero-order chi connectivity index (χ0) is 17.0. The Labute approximate surface area is 138 Å². The number of carbonyl (C=O) groups is 2. The highest BCUT2D eigenvalue weighted by atomic mass is 16.2. The Balaban J connectivity index is 1.90. The van der Waals surface area contributed by atoms with E-state index in [9.17, 15) is 9.59 Å². The second-order valence-corrected chi connectivity index (χ2v) is 6.67. The Hall–Kier alpha value is -2.04. The molecule has 5 heteroatoms. The fourth-order valence-corrected chi connectivity index (χ4v) is 3.21. The maximum atomic E-state index is 12.4. The molecule has 1 saturated heterocycles. The third-order valence-corrected chi connectivity index (χ3v) is 4.52. The molecule has 0 unspecified atom stereocenters. The minimum Gasteiger partial charge on any atom is -0.353 e. The molecule has 126 valence electrons. The van der Waals surface area contributed by atoms with E-state index < -0.39 is 6.03 Å². The Morgan fingerprint density at radius 3 is 2.78 bits per heavy atom. The van der Waals surface area contributed by atoms with E-state index in [1.807, 2.05) is 6.92 Å². The van der Waals surface area contributed by atoms with Gasteiger partial charge >= 0.3 is 6.03 Å². The van der Waals surface area contributed by atoms with Crippen molar-refractivity contribution in [3.63, 3.8) is 0 Å². The fraction of sp³-hybridized carbons (Fsp3) is 0.556. The standard InChI is InChI=1S/C18H27N3O2/c1-12-6-7-15(13(2)9-12)10-14(3)20-17(22)16-5-4-8-21(11-16)18(19)23/h6-7,9,14,16H,4-5,8,10-11H2,1-3H3,(H2,19,23)(H,20,22)/t14-,16-/m0/s1. The van der Waals surface area contributed by atoms with Gasteiger partial charge in [-0.25, -0.2) is 4.79 Å². The van der Waals surface area contributed by atoms with Gasteiger partial charge in [0.1, 0.15) is 0 Å². The third kappa shape index (κ3) is 4.71. The topological polar surface area (TPSA) is 75.4 Å². The molecular weight excluding hydrogens is 290 g/mol. The Kier molecular flexibility index (Phi) is 5.64. The van der Waals surface area contributed by atoms with E-state index in [0.29, 0.717) is 13.1 Å². The first-order valence-corrected chi connectivity index (χ1v) is 8.27. The average molecular weight is 317 g/mol. The van der Waals surface area contributed by atoms with E-state index in [0.717, 1.165) is 19.3 Å². The molecule has 5 nitrogen and oxygen atoms in total. The van der Waals surface area contributed by atoms with Crippen LogP contribution in [0.2, 0.25) is 0 Å². The van der Waals surface area contributed by atoms with Gasteiger partial charge in [0, 0.05) is 19.1 Å².